The van der Waals surface area contributed by atoms with Crippen LogP contribution in [0.4, 0.5) is 0 Å². The second kappa shape index (κ2) is 11.2. The molecular formula is C15H29NO11. The number of rotatable bonds is 10. The lowest BCUT2D eigenvalue weighted by Gasteiger charge is -2.42. The van der Waals surface area contributed by atoms with Gasteiger partial charge in [-0.2, -0.15) is 0 Å². The summed E-state index contributed by atoms with van der Waals surface area (Å²) < 4.78 is 10.3. The Labute approximate surface area is 155 Å². The van der Waals surface area contributed by atoms with Crippen molar-refractivity contribution < 1.29 is 55.1 Å². The zero-order chi connectivity index (χ0) is 20.7. The molecule has 1 aliphatic rings. The lowest BCUT2D eigenvalue weighted by Crippen LogP contribution is -2.62. The highest BCUT2D eigenvalue weighted by atomic mass is 16.7. The van der Waals surface area contributed by atoms with Crippen LogP contribution in [0.1, 0.15) is 13.3 Å². The summed E-state index contributed by atoms with van der Waals surface area (Å²) in [5, 5.41) is 80.1. The number of nitrogens with one attached hydrogen (secondary N) is 1. The Kier molecular flexibility index (Phi) is 9.97. The summed E-state index contributed by atoms with van der Waals surface area (Å²) in [4.78, 5) is 11.8. The number of ether oxygens (including phenoxy) is 2. The second-order valence-corrected chi connectivity index (χ2v) is 6.27. The lowest BCUT2D eigenvalue weighted by molar-refractivity contribution is -0.326. The predicted octanol–water partition coefficient (Wildman–Crippen LogP) is -5.23. The van der Waals surface area contributed by atoms with Crippen LogP contribution in [-0.2, 0) is 14.3 Å². The summed E-state index contributed by atoms with van der Waals surface area (Å²) in [5.41, 5.74) is 0. The van der Waals surface area contributed by atoms with E-state index in [0.29, 0.717) is 6.42 Å². The van der Waals surface area contributed by atoms with Crippen molar-refractivity contribution in [3.63, 3.8) is 0 Å². The number of amides is 1. The van der Waals surface area contributed by atoms with E-state index in [9.17, 15) is 35.4 Å². The molecule has 1 rings (SSSR count). The molecule has 0 spiro atoms. The summed E-state index contributed by atoms with van der Waals surface area (Å²) >= 11 is 0. The minimum absolute atomic E-state index is 0.226. The highest BCUT2D eigenvalue weighted by Crippen LogP contribution is 2.25. The van der Waals surface area contributed by atoms with Crippen LogP contribution in [-0.4, -0.2) is 122 Å². The van der Waals surface area contributed by atoms with Crippen LogP contribution in [0.25, 0.3) is 0 Å². The van der Waals surface area contributed by atoms with Gasteiger partial charge in [-0.05, 0) is 6.42 Å². The monoisotopic (exact) mass is 399 g/mol. The Balaban J connectivity index is 2.92. The zero-order valence-corrected chi connectivity index (χ0v) is 14.8. The minimum Gasteiger partial charge on any atom is -0.394 e. The van der Waals surface area contributed by atoms with Crippen molar-refractivity contribution in [3.8, 4) is 0 Å². The molecule has 9 N–H and O–H groups in total. The van der Waals surface area contributed by atoms with E-state index >= 15 is 0 Å². The maximum atomic E-state index is 11.8. The first-order chi connectivity index (χ1) is 12.7. The minimum atomic E-state index is -2.03. The molecule has 160 valence electrons. The van der Waals surface area contributed by atoms with Gasteiger partial charge in [-0.3, -0.25) is 4.79 Å². The number of aliphatic hydroxyl groups is 8. The summed E-state index contributed by atoms with van der Waals surface area (Å²) in [7, 11) is 0. The molecule has 12 nitrogen and oxygen atoms in total. The maximum absolute atomic E-state index is 11.8. The van der Waals surface area contributed by atoms with E-state index < -0.39 is 74.2 Å². The van der Waals surface area contributed by atoms with Crippen molar-refractivity contribution in [3.05, 3.63) is 0 Å². The second-order valence-electron chi connectivity index (χ2n) is 6.27. The van der Waals surface area contributed by atoms with Gasteiger partial charge < -0.3 is 55.6 Å². The molecule has 1 fully saturated rings. The van der Waals surface area contributed by atoms with Gasteiger partial charge in [0.25, 0.3) is 5.91 Å². The molecule has 0 saturated carbocycles. The standard InChI is InChI=1S/C15H29NO11/c1-2-3-16-14(25)11(23)10(22)13(6(19)4-17)27-15-12(24)9(21)8(20)7(5-18)26-15/h6-13,15,17-24H,2-5H2,1H3,(H,16,25)/t6-,7-,8-,9+,10-,11-,12-,13-,15+/m1/s1. The molecule has 0 aliphatic carbocycles. The fourth-order valence-corrected chi connectivity index (χ4v) is 2.52. The average Bonchev–Trinajstić information content (AvgIpc) is 2.68. The van der Waals surface area contributed by atoms with E-state index in [1.807, 2.05) is 0 Å². The molecule has 1 heterocycles. The van der Waals surface area contributed by atoms with Crippen LogP contribution in [0.15, 0.2) is 0 Å². The number of hydrogen-bond acceptors (Lipinski definition) is 11. The van der Waals surface area contributed by atoms with Gasteiger partial charge in [-0.25, -0.2) is 0 Å². The van der Waals surface area contributed by atoms with Gasteiger partial charge in [0.15, 0.2) is 12.4 Å². The molecular weight excluding hydrogens is 370 g/mol. The Hall–Kier alpha value is -0.930. The summed E-state index contributed by atoms with van der Waals surface area (Å²) in [6.07, 6.45) is -15.4. The normalized spacial score (nSPS) is 33.1. The van der Waals surface area contributed by atoms with Gasteiger partial charge in [0.1, 0.15) is 42.7 Å². The van der Waals surface area contributed by atoms with Gasteiger partial charge in [-0.15, -0.1) is 0 Å². The van der Waals surface area contributed by atoms with Crippen LogP contribution >= 0.6 is 0 Å². The molecule has 9 atom stereocenters. The fourth-order valence-electron chi connectivity index (χ4n) is 2.52. The van der Waals surface area contributed by atoms with E-state index in [1.165, 1.54) is 0 Å². The number of aliphatic hydroxyl groups excluding tert-OH is 8. The maximum Gasteiger partial charge on any atom is 0.251 e. The fraction of sp³-hybridized carbons (Fsp3) is 0.933. The van der Waals surface area contributed by atoms with Crippen molar-refractivity contribution in [2.24, 2.45) is 0 Å². The summed E-state index contributed by atoms with van der Waals surface area (Å²) in [5.74, 6) is -0.947. The molecule has 0 aromatic heterocycles. The first kappa shape index (κ1) is 24.1. The molecule has 1 aliphatic heterocycles. The van der Waals surface area contributed by atoms with Crippen molar-refractivity contribution in [1.82, 2.24) is 5.32 Å². The average molecular weight is 399 g/mol. The third-order valence-electron chi connectivity index (χ3n) is 4.18. The SMILES string of the molecule is CCCNC(=O)[C@H](O)[C@@H](O)[C@H](O[C@@H]1O[C@H](CO)[C@@H](O)[C@H](O)[C@H]1O)[C@H](O)CO. The predicted molar refractivity (Wildman–Crippen MR) is 87.0 cm³/mol. The van der Waals surface area contributed by atoms with E-state index in [2.05, 4.69) is 5.32 Å². The van der Waals surface area contributed by atoms with Gasteiger partial charge in [0.2, 0.25) is 0 Å². The zero-order valence-electron chi connectivity index (χ0n) is 14.8. The molecule has 1 amide bonds. The highest BCUT2D eigenvalue weighted by molar-refractivity contribution is 5.81. The van der Waals surface area contributed by atoms with Gasteiger partial charge in [0.05, 0.1) is 13.2 Å². The third kappa shape index (κ3) is 6.02. The van der Waals surface area contributed by atoms with E-state index in [0.717, 1.165) is 0 Å². The van der Waals surface area contributed by atoms with Crippen molar-refractivity contribution in [2.75, 3.05) is 19.8 Å². The Bertz CT molecular complexity index is 451. The molecule has 0 radical (unpaired) electrons. The topological polar surface area (TPSA) is 209 Å². The number of carbonyl (C=O) groups is 1. The first-order valence-electron chi connectivity index (χ1n) is 8.58. The van der Waals surface area contributed by atoms with E-state index in [-0.39, 0.29) is 6.54 Å². The molecule has 0 unspecified atom stereocenters. The first-order valence-corrected chi connectivity index (χ1v) is 8.58. The number of carbonyl (C=O) groups excluding carboxylic acids is 1. The van der Waals surface area contributed by atoms with Gasteiger partial charge in [0, 0.05) is 6.54 Å². The van der Waals surface area contributed by atoms with Crippen LogP contribution in [0, 0.1) is 0 Å². The van der Waals surface area contributed by atoms with Crippen LogP contribution in [0.5, 0.6) is 0 Å². The van der Waals surface area contributed by atoms with E-state index in [4.69, 9.17) is 19.7 Å². The Morgan fingerprint density at radius 3 is 2.26 bits per heavy atom. The largest absolute Gasteiger partial charge is 0.394 e. The van der Waals surface area contributed by atoms with Crippen LogP contribution in [0.3, 0.4) is 0 Å². The lowest BCUT2D eigenvalue weighted by atomic mass is 9.98. The molecule has 1 saturated heterocycles. The van der Waals surface area contributed by atoms with Gasteiger partial charge >= 0.3 is 0 Å². The Morgan fingerprint density at radius 2 is 1.74 bits per heavy atom. The third-order valence-corrected chi connectivity index (χ3v) is 4.18. The molecule has 27 heavy (non-hydrogen) atoms. The highest BCUT2D eigenvalue weighted by Gasteiger charge is 2.47. The van der Waals surface area contributed by atoms with Crippen molar-refractivity contribution in [1.29, 1.82) is 0 Å². The molecule has 0 aromatic carbocycles. The van der Waals surface area contributed by atoms with Crippen molar-refractivity contribution in [2.45, 2.75) is 68.5 Å². The summed E-state index contributed by atoms with van der Waals surface area (Å²) in [6.45, 7) is 0.331. The number of hydrogen-bond donors (Lipinski definition) is 9. The molecule has 0 bridgehead atoms. The van der Waals surface area contributed by atoms with Crippen molar-refractivity contribution >= 4 is 5.91 Å². The van der Waals surface area contributed by atoms with Crippen LogP contribution < -0.4 is 5.32 Å². The van der Waals surface area contributed by atoms with Gasteiger partial charge in [-0.1, -0.05) is 6.92 Å². The quantitative estimate of drug-likeness (QED) is 0.169. The molecule has 0 aromatic rings. The van der Waals surface area contributed by atoms with Crippen LogP contribution in [0.2, 0.25) is 0 Å². The molecule has 12 heteroatoms. The Morgan fingerprint density at radius 1 is 1.11 bits per heavy atom. The van der Waals surface area contributed by atoms with E-state index in [1.54, 1.807) is 6.92 Å². The smallest absolute Gasteiger partial charge is 0.251 e. The summed E-state index contributed by atoms with van der Waals surface area (Å²) in [6, 6.07) is 0.